The van der Waals surface area contributed by atoms with E-state index in [0.29, 0.717) is 12.4 Å². The molecular formula is C7H12N4O2. The van der Waals surface area contributed by atoms with Crippen LogP contribution >= 0.6 is 0 Å². The molecule has 0 radical (unpaired) electrons. The van der Waals surface area contributed by atoms with Gasteiger partial charge in [0.15, 0.2) is 0 Å². The van der Waals surface area contributed by atoms with E-state index in [4.69, 9.17) is 10.5 Å². The number of carbonyl (C=O) groups is 1. The van der Waals surface area contributed by atoms with E-state index in [1.807, 2.05) is 0 Å². The minimum absolute atomic E-state index is 0.0144. The van der Waals surface area contributed by atoms with Crippen molar-refractivity contribution in [2.24, 2.45) is 0 Å². The molecule has 0 aromatic carbocycles. The predicted octanol–water partition coefficient (Wildman–Crippen LogP) is -0.268. The number of nitrogens with zero attached hydrogens (tertiary/aromatic N) is 3. The second-order valence-electron chi connectivity index (χ2n) is 2.48. The average molecular weight is 184 g/mol. The fourth-order valence-electron chi connectivity index (χ4n) is 0.917. The molecule has 0 amide bonds. The molecule has 1 aromatic heterocycles. The van der Waals surface area contributed by atoms with E-state index in [9.17, 15) is 4.79 Å². The van der Waals surface area contributed by atoms with Gasteiger partial charge in [-0.25, -0.2) is 4.68 Å². The van der Waals surface area contributed by atoms with Crippen molar-refractivity contribution in [2.75, 3.05) is 12.3 Å². The quantitative estimate of drug-likeness (QED) is 0.654. The maximum absolute atomic E-state index is 11.0. The van der Waals surface area contributed by atoms with Gasteiger partial charge in [0.1, 0.15) is 12.4 Å². The van der Waals surface area contributed by atoms with Crippen molar-refractivity contribution in [3.8, 4) is 0 Å². The highest BCUT2D eigenvalue weighted by molar-refractivity contribution is 5.69. The SMILES string of the molecule is CCOC(=O)Cn1nc(C)nc1N. The van der Waals surface area contributed by atoms with E-state index in [0.717, 1.165) is 0 Å². The van der Waals surface area contributed by atoms with Crippen molar-refractivity contribution in [3.63, 3.8) is 0 Å². The van der Waals surface area contributed by atoms with E-state index in [1.54, 1.807) is 13.8 Å². The van der Waals surface area contributed by atoms with Gasteiger partial charge in [-0.15, -0.1) is 0 Å². The Labute approximate surface area is 75.7 Å². The molecule has 72 valence electrons. The van der Waals surface area contributed by atoms with Crippen molar-refractivity contribution in [2.45, 2.75) is 20.4 Å². The molecule has 0 fully saturated rings. The van der Waals surface area contributed by atoms with E-state index in [1.165, 1.54) is 4.68 Å². The van der Waals surface area contributed by atoms with Crippen LogP contribution in [0.15, 0.2) is 0 Å². The number of nitrogens with two attached hydrogens (primary N) is 1. The van der Waals surface area contributed by atoms with Crippen LogP contribution < -0.4 is 5.73 Å². The van der Waals surface area contributed by atoms with Crippen LogP contribution in [0.5, 0.6) is 0 Å². The highest BCUT2D eigenvalue weighted by Gasteiger charge is 2.08. The first kappa shape index (κ1) is 9.50. The van der Waals surface area contributed by atoms with Crippen molar-refractivity contribution >= 4 is 11.9 Å². The van der Waals surface area contributed by atoms with Crippen molar-refractivity contribution in [1.29, 1.82) is 0 Å². The standard InChI is InChI=1S/C7H12N4O2/c1-3-13-6(12)4-11-7(8)9-5(2)10-11/h3-4H2,1-2H3,(H2,8,9,10). The molecule has 0 aliphatic carbocycles. The van der Waals surface area contributed by atoms with Gasteiger partial charge in [0, 0.05) is 0 Å². The molecule has 1 heterocycles. The first-order valence-corrected chi connectivity index (χ1v) is 3.96. The van der Waals surface area contributed by atoms with Crippen molar-refractivity contribution in [1.82, 2.24) is 14.8 Å². The van der Waals surface area contributed by atoms with Crippen LogP contribution in [0.2, 0.25) is 0 Å². The number of aryl methyl sites for hydroxylation is 1. The largest absolute Gasteiger partial charge is 0.465 e. The van der Waals surface area contributed by atoms with Crippen LogP contribution in [0.25, 0.3) is 0 Å². The Morgan fingerprint density at radius 3 is 2.85 bits per heavy atom. The molecule has 6 nitrogen and oxygen atoms in total. The molecule has 0 aliphatic heterocycles. The second kappa shape index (κ2) is 3.88. The van der Waals surface area contributed by atoms with E-state index in [2.05, 4.69) is 10.1 Å². The van der Waals surface area contributed by atoms with Gasteiger partial charge >= 0.3 is 5.97 Å². The maximum atomic E-state index is 11.0. The number of hydrogen-bond acceptors (Lipinski definition) is 5. The molecule has 0 saturated carbocycles. The zero-order valence-electron chi connectivity index (χ0n) is 7.65. The van der Waals surface area contributed by atoms with E-state index >= 15 is 0 Å². The van der Waals surface area contributed by atoms with Gasteiger partial charge < -0.3 is 10.5 Å². The Hall–Kier alpha value is -1.59. The first-order valence-electron chi connectivity index (χ1n) is 3.96. The number of hydrogen-bond donors (Lipinski definition) is 1. The third-order valence-electron chi connectivity index (χ3n) is 1.39. The lowest BCUT2D eigenvalue weighted by Crippen LogP contribution is -2.16. The Morgan fingerprint density at radius 1 is 1.69 bits per heavy atom. The highest BCUT2D eigenvalue weighted by Crippen LogP contribution is 1.98. The van der Waals surface area contributed by atoms with Crippen LogP contribution in [-0.4, -0.2) is 27.3 Å². The van der Waals surface area contributed by atoms with E-state index < -0.39 is 0 Å². The predicted molar refractivity (Wildman–Crippen MR) is 45.8 cm³/mol. The fraction of sp³-hybridized carbons (Fsp3) is 0.571. The topological polar surface area (TPSA) is 83.0 Å². The van der Waals surface area contributed by atoms with Gasteiger partial charge in [-0.05, 0) is 13.8 Å². The number of esters is 1. The van der Waals surface area contributed by atoms with Crippen molar-refractivity contribution < 1.29 is 9.53 Å². The fourth-order valence-corrected chi connectivity index (χ4v) is 0.917. The lowest BCUT2D eigenvalue weighted by atomic mass is 10.6. The van der Waals surface area contributed by atoms with Gasteiger partial charge in [0.25, 0.3) is 0 Å². The summed E-state index contributed by atoms with van der Waals surface area (Å²) in [6.07, 6.45) is 0. The lowest BCUT2D eigenvalue weighted by molar-refractivity contribution is -0.144. The van der Waals surface area contributed by atoms with Gasteiger partial charge in [0.2, 0.25) is 5.95 Å². The Kier molecular flexibility index (Phi) is 2.84. The number of nitrogen functional groups attached to an aromatic ring is 1. The summed E-state index contributed by atoms with van der Waals surface area (Å²) in [6.45, 7) is 3.82. The highest BCUT2D eigenvalue weighted by atomic mass is 16.5. The second-order valence-corrected chi connectivity index (χ2v) is 2.48. The van der Waals surface area contributed by atoms with Crippen LogP contribution in [0.3, 0.4) is 0 Å². The summed E-state index contributed by atoms with van der Waals surface area (Å²) in [5.74, 6) is 0.409. The van der Waals surface area contributed by atoms with Gasteiger partial charge in [0.05, 0.1) is 6.61 Å². The summed E-state index contributed by atoms with van der Waals surface area (Å²) in [7, 11) is 0. The molecule has 0 atom stereocenters. The van der Waals surface area contributed by atoms with E-state index in [-0.39, 0.29) is 18.5 Å². The third kappa shape index (κ3) is 2.43. The summed E-state index contributed by atoms with van der Waals surface area (Å²) in [5, 5.41) is 3.91. The number of ether oxygens (including phenoxy) is 1. The lowest BCUT2D eigenvalue weighted by Gasteiger charge is -2.01. The molecule has 2 N–H and O–H groups in total. The smallest absolute Gasteiger partial charge is 0.327 e. The normalized spacial score (nSPS) is 10.0. The maximum Gasteiger partial charge on any atom is 0.327 e. The molecule has 1 rings (SSSR count). The molecular weight excluding hydrogens is 172 g/mol. The molecule has 0 unspecified atom stereocenters. The number of aromatic nitrogens is 3. The van der Waals surface area contributed by atoms with Gasteiger partial charge in [-0.1, -0.05) is 0 Å². The Bertz CT molecular complexity index is 307. The number of rotatable bonds is 3. The minimum Gasteiger partial charge on any atom is -0.465 e. The van der Waals surface area contributed by atoms with Crippen LogP contribution in [0.1, 0.15) is 12.7 Å². The number of anilines is 1. The molecule has 1 aromatic rings. The van der Waals surface area contributed by atoms with Crippen LogP contribution in [0, 0.1) is 6.92 Å². The summed E-state index contributed by atoms with van der Waals surface area (Å²) in [5.41, 5.74) is 5.47. The van der Waals surface area contributed by atoms with Crippen molar-refractivity contribution in [3.05, 3.63) is 5.82 Å². The molecule has 0 spiro atoms. The summed E-state index contributed by atoms with van der Waals surface area (Å²) in [6, 6.07) is 0. The Balaban J connectivity index is 2.63. The molecule has 0 aliphatic rings. The Morgan fingerprint density at radius 2 is 2.38 bits per heavy atom. The third-order valence-corrected chi connectivity index (χ3v) is 1.39. The minimum atomic E-state index is -0.362. The first-order chi connectivity index (χ1) is 6.13. The summed E-state index contributed by atoms with van der Waals surface area (Å²) < 4.78 is 6.04. The zero-order chi connectivity index (χ0) is 9.84. The summed E-state index contributed by atoms with van der Waals surface area (Å²) in [4.78, 5) is 14.9. The number of carbonyl (C=O) groups excluding carboxylic acids is 1. The molecule has 6 heteroatoms. The van der Waals surface area contributed by atoms with Crippen LogP contribution in [0.4, 0.5) is 5.95 Å². The molecule has 13 heavy (non-hydrogen) atoms. The van der Waals surface area contributed by atoms with Gasteiger partial charge in [-0.3, -0.25) is 4.79 Å². The molecule has 0 saturated heterocycles. The monoisotopic (exact) mass is 184 g/mol. The average Bonchev–Trinajstić information content (AvgIpc) is 2.30. The zero-order valence-corrected chi connectivity index (χ0v) is 7.65. The van der Waals surface area contributed by atoms with Crippen LogP contribution in [-0.2, 0) is 16.1 Å². The molecule has 0 bridgehead atoms. The van der Waals surface area contributed by atoms with Gasteiger partial charge in [-0.2, -0.15) is 10.1 Å². The summed E-state index contributed by atoms with van der Waals surface area (Å²) >= 11 is 0.